The van der Waals surface area contributed by atoms with Gasteiger partial charge in [-0.25, -0.2) is 13.6 Å². The molecule has 9 heteroatoms. The van der Waals surface area contributed by atoms with Crippen LogP contribution >= 0.6 is 0 Å². The second-order valence-corrected chi connectivity index (χ2v) is 7.34. The number of carbonyl (C=O) groups excluding carboxylic acids is 2. The molecule has 2 fully saturated rings. The van der Waals surface area contributed by atoms with Crippen LogP contribution in [0.3, 0.4) is 0 Å². The minimum atomic E-state index is -1.14. The van der Waals surface area contributed by atoms with Crippen molar-refractivity contribution in [2.75, 3.05) is 39.4 Å². The molecule has 0 bridgehead atoms. The highest BCUT2D eigenvalue weighted by atomic mass is 19.2. The molecule has 0 saturated carbocycles. The Labute approximate surface area is 162 Å². The molecule has 3 rings (SSSR count). The number of hydrogen-bond donors (Lipinski definition) is 1. The van der Waals surface area contributed by atoms with Crippen LogP contribution in [0.15, 0.2) is 18.2 Å². The van der Waals surface area contributed by atoms with Crippen LogP contribution < -0.4 is 5.32 Å². The Morgan fingerprint density at radius 1 is 1.07 bits per heavy atom. The normalized spacial score (nSPS) is 23.0. The Hall–Kier alpha value is -2.26. The largest absolute Gasteiger partial charge is 0.347 e. The van der Waals surface area contributed by atoms with E-state index < -0.39 is 23.3 Å². The van der Waals surface area contributed by atoms with E-state index in [1.807, 2.05) is 13.8 Å². The molecule has 3 amide bonds. The van der Waals surface area contributed by atoms with Crippen LogP contribution in [0.4, 0.5) is 13.6 Å². The third-order valence-electron chi connectivity index (χ3n) is 4.68. The first kappa shape index (κ1) is 20.5. The topological polar surface area (TPSA) is 71.1 Å². The van der Waals surface area contributed by atoms with E-state index in [1.54, 1.807) is 4.90 Å². The van der Waals surface area contributed by atoms with Crippen molar-refractivity contribution in [3.8, 4) is 0 Å². The summed E-state index contributed by atoms with van der Waals surface area (Å²) < 4.78 is 38.4. The highest BCUT2D eigenvalue weighted by molar-refractivity contribution is 5.94. The first-order chi connectivity index (χ1) is 13.3. The number of nitrogens with one attached hydrogen (secondary N) is 1. The van der Waals surface area contributed by atoms with Crippen molar-refractivity contribution < 1.29 is 27.8 Å². The zero-order valence-corrected chi connectivity index (χ0v) is 16.0. The summed E-state index contributed by atoms with van der Waals surface area (Å²) >= 11 is 0. The monoisotopic (exact) mass is 397 g/mol. The molecule has 1 N–H and O–H groups in total. The maximum atomic E-state index is 13.5. The van der Waals surface area contributed by atoms with Crippen LogP contribution in [0.2, 0.25) is 0 Å². The second kappa shape index (κ2) is 8.40. The summed E-state index contributed by atoms with van der Waals surface area (Å²) in [5.41, 5.74) is 0.0546. The lowest BCUT2D eigenvalue weighted by molar-refractivity contribution is -0.258. The molecular formula is C19H25F2N3O4. The van der Waals surface area contributed by atoms with Crippen LogP contribution in [-0.4, -0.2) is 73.0 Å². The van der Waals surface area contributed by atoms with Crippen LogP contribution in [0.25, 0.3) is 0 Å². The predicted molar refractivity (Wildman–Crippen MR) is 96.8 cm³/mol. The van der Waals surface area contributed by atoms with Crippen LogP contribution in [-0.2, 0) is 9.47 Å². The Morgan fingerprint density at radius 2 is 1.79 bits per heavy atom. The molecule has 2 aliphatic rings. The second-order valence-electron chi connectivity index (χ2n) is 7.34. The van der Waals surface area contributed by atoms with Gasteiger partial charge in [0.2, 0.25) is 5.79 Å². The van der Waals surface area contributed by atoms with Crippen molar-refractivity contribution in [3.63, 3.8) is 0 Å². The summed E-state index contributed by atoms with van der Waals surface area (Å²) in [6.45, 7) is 5.43. The molecule has 28 heavy (non-hydrogen) atoms. The maximum Gasteiger partial charge on any atom is 0.317 e. The Bertz CT molecular complexity index is 746. The van der Waals surface area contributed by atoms with Gasteiger partial charge in [0.05, 0.1) is 26.3 Å². The number of carbonyl (C=O) groups is 2. The molecule has 1 unspecified atom stereocenters. The fraction of sp³-hybridized carbons (Fsp3) is 0.579. The summed E-state index contributed by atoms with van der Waals surface area (Å²) in [5, 5.41) is 2.85. The standard InChI is InChI=1S/C19H25F2N3O4/c1-13(2)22-18(26)24-6-3-8-27-19(12-24)11-23(7-9-28-19)17(25)14-4-5-15(20)16(21)10-14/h4-5,10,13H,3,6-9,11-12H2,1-2H3,(H,22,26). The van der Waals surface area contributed by atoms with E-state index in [9.17, 15) is 18.4 Å². The summed E-state index contributed by atoms with van der Waals surface area (Å²) in [5.74, 6) is -3.66. The first-order valence-electron chi connectivity index (χ1n) is 9.37. The van der Waals surface area contributed by atoms with Crippen molar-refractivity contribution in [2.24, 2.45) is 0 Å². The van der Waals surface area contributed by atoms with E-state index in [-0.39, 0.29) is 37.3 Å². The molecule has 2 aliphatic heterocycles. The van der Waals surface area contributed by atoms with Gasteiger partial charge >= 0.3 is 6.03 Å². The summed E-state index contributed by atoms with van der Waals surface area (Å²) in [6, 6.07) is 2.84. The lowest BCUT2D eigenvalue weighted by Crippen LogP contribution is -2.60. The zero-order chi connectivity index (χ0) is 20.3. The number of rotatable bonds is 2. The minimum Gasteiger partial charge on any atom is -0.347 e. The fourth-order valence-corrected chi connectivity index (χ4v) is 3.37. The quantitative estimate of drug-likeness (QED) is 0.829. The van der Waals surface area contributed by atoms with Gasteiger partial charge in [0.25, 0.3) is 5.91 Å². The van der Waals surface area contributed by atoms with Gasteiger partial charge in [-0.05, 0) is 38.5 Å². The molecule has 1 aromatic rings. The average molecular weight is 397 g/mol. The van der Waals surface area contributed by atoms with Gasteiger partial charge in [0.1, 0.15) is 0 Å². The molecule has 0 aromatic heterocycles. The van der Waals surface area contributed by atoms with Crippen molar-refractivity contribution in [2.45, 2.75) is 32.1 Å². The molecule has 1 atom stereocenters. The zero-order valence-electron chi connectivity index (χ0n) is 16.0. The lowest BCUT2D eigenvalue weighted by Gasteiger charge is -2.43. The Morgan fingerprint density at radius 3 is 2.50 bits per heavy atom. The number of urea groups is 1. The fourth-order valence-electron chi connectivity index (χ4n) is 3.37. The molecule has 0 radical (unpaired) electrons. The molecular weight excluding hydrogens is 372 g/mol. The van der Waals surface area contributed by atoms with E-state index >= 15 is 0 Å². The molecule has 1 spiro atoms. The highest BCUT2D eigenvalue weighted by Crippen LogP contribution is 2.26. The van der Waals surface area contributed by atoms with E-state index in [1.165, 1.54) is 11.0 Å². The van der Waals surface area contributed by atoms with Crippen molar-refractivity contribution >= 4 is 11.9 Å². The molecule has 1 aromatic carbocycles. The number of nitrogens with zero attached hydrogens (tertiary/aromatic N) is 2. The molecule has 2 saturated heterocycles. The van der Waals surface area contributed by atoms with E-state index in [4.69, 9.17) is 9.47 Å². The van der Waals surface area contributed by atoms with Gasteiger partial charge in [-0.3, -0.25) is 4.79 Å². The number of hydrogen-bond acceptors (Lipinski definition) is 4. The van der Waals surface area contributed by atoms with E-state index in [2.05, 4.69) is 5.32 Å². The van der Waals surface area contributed by atoms with Crippen LogP contribution in [0, 0.1) is 11.6 Å². The molecule has 2 heterocycles. The lowest BCUT2D eigenvalue weighted by atomic mass is 10.1. The maximum absolute atomic E-state index is 13.5. The number of amides is 3. The number of halogens is 2. The third kappa shape index (κ3) is 4.59. The third-order valence-corrected chi connectivity index (χ3v) is 4.68. The molecule has 7 nitrogen and oxygen atoms in total. The van der Waals surface area contributed by atoms with Crippen molar-refractivity contribution in [3.05, 3.63) is 35.4 Å². The van der Waals surface area contributed by atoms with Gasteiger partial charge in [0, 0.05) is 24.7 Å². The minimum absolute atomic E-state index is 0.00801. The summed E-state index contributed by atoms with van der Waals surface area (Å²) in [7, 11) is 0. The number of morpholine rings is 1. The van der Waals surface area contributed by atoms with E-state index in [0.29, 0.717) is 26.1 Å². The Kier molecular flexibility index (Phi) is 6.14. The predicted octanol–water partition coefficient (Wildman–Crippen LogP) is 1.97. The van der Waals surface area contributed by atoms with Crippen molar-refractivity contribution in [1.29, 1.82) is 0 Å². The number of ether oxygens (including phenoxy) is 2. The summed E-state index contributed by atoms with van der Waals surface area (Å²) in [4.78, 5) is 28.3. The SMILES string of the molecule is CC(C)NC(=O)N1CCCOC2(C1)CN(C(=O)c1ccc(F)c(F)c1)CCO2. The van der Waals surface area contributed by atoms with Gasteiger partial charge in [-0.2, -0.15) is 0 Å². The van der Waals surface area contributed by atoms with Crippen LogP contribution in [0.1, 0.15) is 30.6 Å². The average Bonchev–Trinajstić information content (AvgIpc) is 2.85. The van der Waals surface area contributed by atoms with Gasteiger partial charge < -0.3 is 24.6 Å². The van der Waals surface area contributed by atoms with Gasteiger partial charge in [0.15, 0.2) is 11.6 Å². The van der Waals surface area contributed by atoms with Crippen molar-refractivity contribution in [1.82, 2.24) is 15.1 Å². The van der Waals surface area contributed by atoms with E-state index in [0.717, 1.165) is 12.1 Å². The van der Waals surface area contributed by atoms with Gasteiger partial charge in [-0.15, -0.1) is 0 Å². The number of benzene rings is 1. The van der Waals surface area contributed by atoms with Gasteiger partial charge in [-0.1, -0.05) is 0 Å². The first-order valence-corrected chi connectivity index (χ1v) is 9.37. The smallest absolute Gasteiger partial charge is 0.317 e. The molecule has 154 valence electrons. The highest BCUT2D eigenvalue weighted by Gasteiger charge is 2.43. The van der Waals surface area contributed by atoms with Crippen LogP contribution in [0.5, 0.6) is 0 Å². The molecule has 0 aliphatic carbocycles. The summed E-state index contributed by atoms with van der Waals surface area (Å²) in [6.07, 6.45) is 0.647. The Balaban J connectivity index is 1.75.